The third-order valence-electron chi connectivity index (χ3n) is 6.75. The number of halogens is 2. The lowest BCUT2D eigenvalue weighted by Crippen LogP contribution is -2.47. The van der Waals surface area contributed by atoms with Crippen molar-refractivity contribution >= 4 is 40.8 Å². The highest BCUT2D eigenvalue weighted by Gasteiger charge is 2.35. The van der Waals surface area contributed by atoms with Crippen molar-refractivity contribution in [2.75, 3.05) is 10.2 Å². The van der Waals surface area contributed by atoms with E-state index in [4.69, 9.17) is 11.6 Å². The maximum absolute atomic E-state index is 15.1. The van der Waals surface area contributed by atoms with E-state index in [0.717, 1.165) is 32.1 Å². The molecule has 1 heterocycles. The Hall–Kier alpha value is -3.78. The van der Waals surface area contributed by atoms with Gasteiger partial charge in [-0.15, -0.1) is 0 Å². The third kappa shape index (κ3) is 7.86. The standard InChI is InChI=1S/C30H32ClFN4O3/c31-22-18-16-21(17-19-22)29(30(39)34-23-9-2-1-3-10-23)36(25-12-5-4-11-24(25)32)28(38)15-8-14-27(37)35-26-13-6-7-20-33-26/h4-7,11-13,16-20,23,29H,1-3,8-10,14-15H2,(H,34,39)(H,33,35,37). The highest BCUT2D eigenvalue weighted by molar-refractivity contribution is 6.30. The van der Waals surface area contributed by atoms with E-state index >= 15 is 4.39 Å². The zero-order valence-electron chi connectivity index (χ0n) is 21.6. The van der Waals surface area contributed by atoms with Crippen molar-refractivity contribution in [3.05, 3.63) is 89.3 Å². The van der Waals surface area contributed by atoms with E-state index in [1.165, 1.54) is 23.1 Å². The van der Waals surface area contributed by atoms with Gasteiger partial charge in [-0.2, -0.15) is 0 Å². The van der Waals surface area contributed by atoms with Gasteiger partial charge in [-0.1, -0.05) is 61.2 Å². The summed E-state index contributed by atoms with van der Waals surface area (Å²) in [5, 5.41) is 6.27. The number of carbonyl (C=O) groups excluding carboxylic acids is 3. The molecule has 1 unspecified atom stereocenters. The van der Waals surface area contributed by atoms with Crippen LogP contribution in [0.1, 0.15) is 63.0 Å². The van der Waals surface area contributed by atoms with Crippen molar-refractivity contribution in [2.45, 2.75) is 63.5 Å². The smallest absolute Gasteiger partial charge is 0.248 e. The van der Waals surface area contributed by atoms with Crippen molar-refractivity contribution in [3.63, 3.8) is 0 Å². The van der Waals surface area contributed by atoms with Crippen LogP contribution in [0.2, 0.25) is 5.02 Å². The average Bonchev–Trinajstić information content (AvgIpc) is 2.94. The van der Waals surface area contributed by atoms with E-state index in [2.05, 4.69) is 15.6 Å². The number of nitrogens with one attached hydrogen (secondary N) is 2. The van der Waals surface area contributed by atoms with Gasteiger partial charge in [0.1, 0.15) is 17.7 Å². The van der Waals surface area contributed by atoms with Crippen LogP contribution in [0.15, 0.2) is 72.9 Å². The SMILES string of the molecule is O=C(CCCC(=O)N(c1ccccc1F)C(C(=O)NC1CCCCC1)c1ccc(Cl)cc1)Nc1ccccn1. The van der Waals surface area contributed by atoms with Crippen molar-refractivity contribution < 1.29 is 18.8 Å². The number of anilines is 2. The molecule has 4 rings (SSSR count). The lowest BCUT2D eigenvalue weighted by molar-refractivity contribution is -0.127. The van der Waals surface area contributed by atoms with Crippen LogP contribution in [0.3, 0.4) is 0 Å². The molecule has 1 aromatic heterocycles. The number of hydrogen-bond donors (Lipinski definition) is 2. The molecule has 1 aliphatic rings. The van der Waals surface area contributed by atoms with Gasteiger partial charge in [-0.05, 0) is 61.2 Å². The van der Waals surface area contributed by atoms with E-state index in [1.807, 2.05) is 0 Å². The molecular formula is C30H32ClFN4O3. The normalized spacial score (nSPS) is 14.3. The van der Waals surface area contributed by atoms with Gasteiger partial charge in [-0.25, -0.2) is 9.37 Å². The molecule has 1 aliphatic carbocycles. The van der Waals surface area contributed by atoms with Crippen molar-refractivity contribution in [2.24, 2.45) is 0 Å². The Kier molecular flexibility index (Phi) is 10.0. The molecule has 7 nitrogen and oxygen atoms in total. The maximum atomic E-state index is 15.1. The number of hydrogen-bond acceptors (Lipinski definition) is 4. The van der Waals surface area contributed by atoms with Crippen molar-refractivity contribution in [1.29, 1.82) is 0 Å². The zero-order valence-corrected chi connectivity index (χ0v) is 22.4. The largest absolute Gasteiger partial charge is 0.351 e. The summed E-state index contributed by atoms with van der Waals surface area (Å²) in [5.74, 6) is -1.34. The van der Waals surface area contributed by atoms with Gasteiger partial charge in [0.15, 0.2) is 0 Å². The molecule has 0 radical (unpaired) electrons. The van der Waals surface area contributed by atoms with Gasteiger partial charge in [0.05, 0.1) is 5.69 Å². The van der Waals surface area contributed by atoms with Gasteiger partial charge in [0, 0.05) is 30.1 Å². The minimum atomic E-state index is -1.11. The molecule has 1 atom stereocenters. The topological polar surface area (TPSA) is 91.4 Å². The van der Waals surface area contributed by atoms with Gasteiger partial charge >= 0.3 is 0 Å². The molecule has 0 bridgehead atoms. The highest BCUT2D eigenvalue weighted by atomic mass is 35.5. The number of rotatable bonds is 10. The Bertz CT molecular complexity index is 1270. The van der Waals surface area contributed by atoms with Gasteiger partial charge in [-0.3, -0.25) is 19.3 Å². The van der Waals surface area contributed by atoms with E-state index in [0.29, 0.717) is 16.4 Å². The van der Waals surface area contributed by atoms with Crippen molar-refractivity contribution in [3.8, 4) is 0 Å². The van der Waals surface area contributed by atoms with E-state index in [1.54, 1.807) is 54.7 Å². The Morgan fingerprint density at radius 1 is 0.949 bits per heavy atom. The number of aromatic nitrogens is 1. The molecule has 1 saturated carbocycles. The molecule has 1 fully saturated rings. The Morgan fingerprint density at radius 3 is 2.36 bits per heavy atom. The van der Waals surface area contributed by atoms with Crippen LogP contribution < -0.4 is 15.5 Å². The second-order valence-corrected chi connectivity index (χ2v) is 10.1. The Balaban J connectivity index is 1.58. The predicted octanol–water partition coefficient (Wildman–Crippen LogP) is 6.21. The summed E-state index contributed by atoms with van der Waals surface area (Å²) in [6.45, 7) is 0. The number of pyridine rings is 1. The molecule has 3 amide bonds. The Morgan fingerprint density at radius 2 is 1.67 bits per heavy atom. The molecule has 0 saturated heterocycles. The van der Waals surface area contributed by atoms with Crippen LogP contribution in [0.4, 0.5) is 15.9 Å². The first-order valence-electron chi connectivity index (χ1n) is 13.3. The molecule has 0 spiro atoms. The summed E-state index contributed by atoms with van der Waals surface area (Å²) in [7, 11) is 0. The van der Waals surface area contributed by atoms with Crippen LogP contribution >= 0.6 is 11.6 Å². The lowest BCUT2D eigenvalue weighted by Gasteiger charge is -2.33. The highest BCUT2D eigenvalue weighted by Crippen LogP contribution is 2.32. The lowest BCUT2D eigenvalue weighted by atomic mass is 9.94. The fourth-order valence-corrected chi connectivity index (χ4v) is 4.94. The van der Waals surface area contributed by atoms with Crippen LogP contribution in [-0.4, -0.2) is 28.7 Å². The van der Waals surface area contributed by atoms with E-state index < -0.39 is 17.8 Å². The molecule has 204 valence electrons. The maximum Gasteiger partial charge on any atom is 0.248 e. The first-order valence-corrected chi connectivity index (χ1v) is 13.6. The fraction of sp³-hybridized carbons (Fsp3) is 0.333. The first-order chi connectivity index (χ1) is 18.9. The first kappa shape index (κ1) is 28.2. The molecule has 3 aromatic rings. The summed E-state index contributed by atoms with van der Waals surface area (Å²) < 4.78 is 15.1. The van der Waals surface area contributed by atoms with Crippen LogP contribution in [-0.2, 0) is 14.4 Å². The molecule has 0 aliphatic heterocycles. The number of para-hydroxylation sites is 1. The summed E-state index contributed by atoms with van der Waals surface area (Å²) in [6, 6.07) is 16.6. The Labute approximate surface area is 232 Å². The quantitative estimate of drug-likeness (QED) is 0.314. The molecule has 9 heteroatoms. The predicted molar refractivity (Wildman–Crippen MR) is 150 cm³/mol. The number of benzene rings is 2. The van der Waals surface area contributed by atoms with Crippen LogP contribution in [0, 0.1) is 5.82 Å². The van der Waals surface area contributed by atoms with E-state index in [-0.39, 0.29) is 42.8 Å². The minimum Gasteiger partial charge on any atom is -0.351 e. The second kappa shape index (κ2) is 13.8. The van der Waals surface area contributed by atoms with E-state index in [9.17, 15) is 14.4 Å². The average molecular weight is 551 g/mol. The monoisotopic (exact) mass is 550 g/mol. The number of amides is 3. The summed E-state index contributed by atoms with van der Waals surface area (Å²) >= 11 is 6.11. The van der Waals surface area contributed by atoms with Gasteiger partial charge in [0.2, 0.25) is 17.7 Å². The van der Waals surface area contributed by atoms with Crippen LogP contribution in [0.5, 0.6) is 0 Å². The third-order valence-corrected chi connectivity index (χ3v) is 7.00. The summed E-state index contributed by atoms with van der Waals surface area (Å²) in [4.78, 5) is 45.2. The van der Waals surface area contributed by atoms with Crippen molar-refractivity contribution in [1.82, 2.24) is 10.3 Å². The molecule has 2 N–H and O–H groups in total. The van der Waals surface area contributed by atoms with Gasteiger partial charge in [0.25, 0.3) is 0 Å². The zero-order chi connectivity index (χ0) is 27.6. The van der Waals surface area contributed by atoms with Gasteiger partial charge < -0.3 is 10.6 Å². The number of carbonyl (C=O) groups is 3. The van der Waals surface area contributed by atoms with Crippen LogP contribution in [0.25, 0.3) is 0 Å². The summed E-state index contributed by atoms with van der Waals surface area (Å²) in [5.41, 5.74) is 0.511. The molecular weight excluding hydrogens is 519 g/mol. The molecule has 2 aromatic carbocycles. The molecule has 39 heavy (non-hydrogen) atoms. The number of nitrogens with zero attached hydrogens (tertiary/aromatic N) is 2. The summed E-state index contributed by atoms with van der Waals surface area (Å²) in [6.07, 6.45) is 6.66. The minimum absolute atomic E-state index is 0.000758. The second-order valence-electron chi connectivity index (χ2n) is 9.63. The fourth-order valence-electron chi connectivity index (χ4n) is 4.82.